The van der Waals surface area contributed by atoms with Crippen molar-refractivity contribution in [1.82, 2.24) is 15.0 Å². The highest BCUT2D eigenvalue weighted by Gasteiger charge is 2.47. The van der Waals surface area contributed by atoms with E-state index in [1.807, 2.05) is 31.2 Å². The lowest BCUT2D eigenvalue weighted by Crippen LogP contribution is -2.41. The predicted molar refractivity (Wildman–Crippen MR) is 110 cm³/mol. The van der Waals surface area contributed by atoms with Gasteiger partial charge in [-0.05, 0) is 25.2 Å². The van der Waals surface area contributed by atoms with Crippen LogP contribution in [-0.4, -0.2) is 26.9 Å². The Labute approximate surface area is 167 Å². The van der Waals surface area contributed by atoms with Gasteiger partial charge in [-0.25, -0.2) is 9.97 Å². The average molecular weight is 394 g/mol. The van der Waals surface area contributed by atoms with Gasteiger partial charge in [0.05, 0.1) is 22.8 Å². The summed E-state index contributed by atoms with van der Waals surface area (Å²) in [4.78, 5) is 24.4. The molecule has 28 heavy (non-hydrogen) atoms. The van der Waals surface area contributed by atoms with Gasteiger partial charge in [0, 0.05) is 11.6 Å². The number of amides is 1. The summed E-state index contributed by atoms with van der Waals surface area (Å²) in [5.41, 5.74) is 9.89. The molecule has 0 aliphatic heterocycles. The number of imidazole rings is 1. The average Bonchev–Trinajstić information content (AvgIpc) is 3.38. The van der Waals surface area contributed by atoms with E-state index in [1.54, 1.807) is 6.20 Å². The van der Waals surface area contributed by atoms with Crippen molar-refractivity contribution in [3.05, 3.63) is 53.2 Å². The predicted octanol–water partition coefficient (Wildman–Crippen LogP) is 3.67. The van der Waals surface area contributed by atoms with Gasteiger partial charge in [-0.2, -0.15) is 0 Å². The molecule has 2 heterocycles. The Balaban J connectivity index is 1.56. The molecule has 142 valence electrons. The molecule has 2 aliphatic carbocycles. The molecule has 1 saturated carbocycles. The number of benzene rings is 1. The lowest BCUT2D eigenvalue weighted by atomic mass is 9.88. The van der Waals surface area contributed by atoms with Crippen LogP contribution in [0.2, 0.25) is 5.02 Å². The summed E-state index contributed by atoms with van der Waals surface area (Å²) in [5.74, 6) is 0.670. The second kappa shape index (κ2) is 6.34. The number of aromatic amines is 1. The summed E-state index contributed by atoms with van der Waals surface area (Å²) in [6.07, 6.45) is 6.80. The number of nitrogens with one attached hydrogen (secondary N) is 2. The molecule has 7 heteroatoms. The molecule has 3 aromatic rings. The molecule has 1 fully saturated rings. The van der Waals surface area contributed by atoms with Crippen LogP contribution in [0.25, 0.3) is 22.6 Å². The normalized spacial score (nSPS) is 25.5. The van der Waals surface area contributed by atoms with Gasteiger partial charge in [0.1, 0.15) is 11.3 Å². The zero-order valence-corrected chi connectivity index (χ0v) is 16.1. The molecular weight excluding hydrogens is 374 g/mol. The molecule has 0 radical (unpaired) electrons. The van der Waals surface area contributed by atoms with Crippen molar-refractivity contribution in [1.29, 1.82) is 0 Å². The molecule has 1 aromatic carbocycles. The number of pyridine rings is 1. The second-order valence-corrected chi connectivity index (χ2v) is 8.08. The maximum Gasteiger partial charge on any atom is 0.223 e. The fourth-order valence-electron chi connectivity index (χ4n) is 4.50. The molecule has 4 unspecified atom stereocenters. The highest BCUT2D eigenvalue weighted by atomic mass is 35.5. The zero-order chi connectivity index (χ0) is 19.4. The van der Waals surface area contributed by atoms with E-state index in [1.165, 1.54) is 5.56 Å². The van der Waals surface area contributed by atoms with Gasteiger partial charge in [-0.1, -0.05) is 53.6 Å². The monoisotopic (exact) mass is 393 g/mol. The summed E-state index contributed by atoms with van der Waals surface area (Å²) in [7, 11) is 0. The highest BCUT2D eigenvalue weighted by Crippen LogP contribution is 2.46. The molecule has 4 atom stereocenters. The van der Waals surface area contributed by atoms with Gasteiger partial charge in [-0.3, -0.25) is 4.79 Å². The van der Waals surface area contributed by atoms with E-state index >= 15 is 0 Å². The molecular formula is C21H20ClN5O. The summed E-state index contributed by atoms with van der Waals surface area (Å²) >= 11 is 6.48. The molecule has 2 aromatic heterocycles. The molecule has 2 bridgehead atoms. The molecule has 4 N–H and O–H groups in total. The number of anilines is 1. The summed E-state index contributed by atoms with van der Waals surface area (Å²) in [5, 5.41) is 3.98. The molecule has 0 spiro atoms. The van der Waals surface area contributed by atoms with E-state index in [0.717, 1.165) is 29.0 Å². The van der Waals surface area contributed by atoms with E-state index < -0.39 is 0 Å². The topological polar surface area (TPSA) is 96.7 Å². The van der Waals surface area contributed by atoms with Crippen molar-refractivity contribution in [2.24, 2.45) is 23.5 Å². The number of carbonyl (C=O) groups is 1. The number of primary amides is 1. The van der Waals surface area contributed by atoms with Crippen LogP contribution in [0.1, 0.15) is 12.0 Å². The van der Waals surface area contributed by atoms with Crippen molar-refractivity contribution in [3.63, 3.8) is 0 Å². The number of aromatic nitrogens is 3. The minimum Gasteiger partial charge on any atom is -0.378 e. The quantitative estimate of drug-likeness (QED) is 0.589. The summed E-state index contributed by atoms with van der Waals surface area (Å²) in [6.45, 7) is 2.05. The molecule has 6 nitrogen and oxygen atoms in total. The minimum atomic E-state index is -0.277. The van der Waals surface area contributed by atoms with Crippen LogP contribution in [-0.2, 0) is 4.79 Å². The van der Waals surface area contributed by atoms with Crippen LogP contribution in [0.3, 0.4) is 0 Å². The number of hydrogen-bond acceptors (Lipinski definition) is 4. The number of nitrogens with two attached hydrogens (primary N) is 1. The lowest BCUT2D eigenvalue weighted by molar-refractivity contribution is -0.122. The fourth-order valence-corrected chi connectivity index (χ4v) is 4.69. The SMILES string of the molecule is Cc1ccc(-c2nc3ncc(Cl)c(NC4C5C=CC(C5)C4C(N)=O)c3[nH]2)cc1. The maximum atomic E-state index is 12.0. The first-order valence-corrected chi connectivity index (χ1v) is 9.74. The Kier molecular flexibility index (Phi) is 3.91. The molecule has 5 rings (SSSR count). The minimum absolute atomic E-state index is 0.0817. The number of carbonyl (C=O) groups excluding carboxylic acids is 1. The van der Waals surface area contributed by atoms with Gasteiger partial charge >= 0.3 is 0 Å². The van der Waals surface area contributed by atoms with Crippen LogP contribution >= 0.6 is 11.6 Å². The maximum absolute atomic E-state index is 12.0. The number of nitrogens with zero attached hydrogens (tertiary/aromatic N) is 2. The fraction of sp³-hybridized carbons (Fsp3) is 0.286. The molecule has 2 aliphatic rings. The third kappa shape index (κ3) is 2.67. The van der Waals surface area contributed by atoms with E-state index in [9.17, 15) is 4.79 Å². The largest absolute Gasteiger partial charge is 0.378 e. The van der Waals surface area contributed by atoms with Crippen LogP contribution in [0.5, 0.6) is 0 Å². The zero-order valence-electron chi connectivity index (χ0n) is 15.3. The molecule has 0 saturated heterocycles. The van der Waals surface area contributed by atoms with Crippen molar-refractivity contribution in [2.45, 2.75) is 19.4 Å². The molecule has 1 amide bonds. The van der Waals surface area contributed by atoms with Gasteiger partial charge in [0.2, 0.25) is 5.91 Å². The summed E-state index contributed by atoms with van der Waals surface area (Å²) in [6, 6.07) is 8.04. The highest BCUT2D eigenvalue weighted by molar-refractivity contribution is 6.34. The first kappa shape index (κ1) is 17.3. The Morgan fingerprint density at radius 3 is 2.75 bits per heavy atom. The summed E-state index contributed by atoms with van der Waals surface area (Å²) < 4.78 is 0. The smallest absolute Gasteiger partial charge is 0.223 e. The first-order valence-electron chi connectivity index (χ1n) is 9.36. The van der Waals surface area contributed by atoms with Gasteiger partial charge in [0.15, 0.2) is 5.65 Å². The Hall–Kier alpha value is -2.86. The first-order chi connectivity index (χ1) is 13.5. The van der Waals surface area contributed by atoms with Crippen molar-refractivity contribution >= 4 is 34.4 Å². The number of aryl methyl sites for hydroxylation is 1. The van der Waals surface area contributed by atoms with Crippen LogP contribution < -0.4 is 11.1 Å². The van der Waals surface area contributed by atoms with Crippen LogP contribution in [0, 0.1) is 24.7 Å². The van der Waals surface area contributed by atoms with Crippen LogP contribution in [0.15, 0.2) is 42.6 Å². The standard InChI is InChI=1S/C21H20ClN5O/c1-10-2-4-11(5-3-10)20-26-18-17(14(22)9-24-21(18)27-20)25-16-13-7-6-12(8-13)15(16)19(23)28/h2-7,9,12-13,15-16H,8H2,1H3,(H2,23,28)(H2,24,25,26,27). The van der Waals surface area contributed by atoms with Crippen molar-refractivity contribution < 1.29 is 4.79 Å². The lowest BCUT2D eigenvalue weighted by Gasteiger charge is -2.28. The third-order valence-corrected chi connectivity index (χ3v) is 6.18. The third-order valence-electron chi connectivity index (χ3n) is 5.90. The Morgan fingerprint density at radius 2 is 2.00 bits per heavy atom. The van der Waals surface area contributed by atoms with E-state index in [2.05, 4.69) is 32.4 Å². The second-order valence-electron chi connectivity index (χ2n) is 7.68. The van der Waals surface area contributed by atoms with Gasteiger partial charge in [-0.15, -0.1) is 0 Å². The number of H-pyrrole nitrogens is 1. The number of halogens is 1. The number of fused-ring (bicyclic) bond motifs is 3. The van der Waals surface area contributed by atoms with Crippen molar-refractivity contribution in [3.8, 4) is 11.4 Å². The van der Waals surface area contributed by atoms with E-state index in [-0.39, 0.29) is 29.7 Å². The number of allylic oxidation sites excluding steroid dienone is 1. The van der Waals surface area contributed by atoms with Crippen molar-refractivity contribution in [2.75, 3.05) is 5.32 Å². The Bertz CT molecular complexity index is 1100. The van der Waals surface area contributed by atoms with Crippen LogP contribution in [0.4, 0.5) is 5.69 Å². The van der Waals surface area contributed by atoms with Gasteiger partial charge in [0.25, 0.3) is 0 Å². The number of rotatable bonds is 4. The van der Waals surface area contributed by atoms with Gasteiger partial charge < -0.3 is 16.0 Å². The Morgan fingerprint density at radius 1 is 1.25 bits per heavy atom. The van der Waals surface area contributed by atoms with E-state index in [4.69, 9.17) is 17.3 Å². The van der Waals surface area contributed by atoms with E-state index in [0.29, 0.717) is 10.7 Å². The number of hydrogen-bond donors (Lipinski definition) is 3.